The van der Waals surface area contributed by atoms with E-state index in [2.05, 4.69) is 4.98 Å². The number of rotatable bonds is 4. The second kappa shape index (κ2) is 6.74. The Bertz CT molecular complexity index is 622. The van der Waals surface area contributed by atoms with Gasteiger partial charge in [-0.2, -0.15) is 0 Å². The Labute approximate surface area is 127 Å². The minimum absolute atomic E-state index is 0.165. The molecule has 0 saturated carbocycles. The molecule has 1 aliphatic rings. The van der Waals surface area contributed by atoms with Gasteiger partial charge in [0.25, 0.3) is 5.56 Å². The van der Waals surface area contributed by atoms with E-state index in [0.29, 0.717) is 5.56 Å². The number of aromatic nitrogens is 2. The molecule has 2 heterocycles. The van der Waals surface area contributed by atoms with Crippen LogP contribution in [0.3, 0.4) is 0 Å². The van der Waals surface area contributed by atoms with Crippen LogP contribution in [-0.2, 0) is 9.47 Å². The Morgan fingerprint density at radius 3 is 2.77 bits per heavy atom. The van der Waals surface area contributed by atoms with Crippen LogP contribution in [-0.4, -0.2) is 51.0 Å². The zero-order chi connectivity index (χ0) is 16.4. The van der Waals surface area contributed by atoms with Gasteiger partial charge in [-0.15, -0.1) is 0 Å². The Morgan fingerprint density at radius 2 is 2.18 bits per heavy atom. The van der Waals surface area contributed by atoms with Crippen molar-refractivity contribution in [1.82, 2.24) is 9.55 Å². The van der Waals surface area contributed by atoms with Gasteiger partial charge in [0.2, 0.25) is 0 Å². The van der Waals surface area contributed by atoms with Crippen LogP contribution in [0.1, 0.15) is 31.9 Å². The zero-order valence-corrected chi connectivity index (χ0v) is 12.9. The first-order valence-electron chi connectivity index (χ1n) is 7.25. The summed E-state index contributed by atoms with van der Waals surface area (Å²) in [4.78, 5) is 25.8. The van der Waals surface area contributed by atoms with Gasteiger partial charge in [-0.25, -0.2) is 4.79 Å². The van der Waals surface area contributed by atoms with E-state index in [-0.39, 0.29) is 19.1 Å². The predicted molar refractivity (Wildman–Crippen MR) is 77.7 cm³/mol. The Hall–Kier alpha value is -1.48. The summed E-state index contributed by atoms with van der Waals surface area (Å²) >= 11 is 0. The summed E-state index contributed by atoms with van der Waals surface area (Å²) in [6.45, 7) is 4.88. The van der Waals surface area contributed by atoms with E-state index >= 15 is 0 Å². The first-order chi connectivity index (χ1) is 10.3. The fraction of sp³-hybridized carbons (Fsp3) is 0.714. The second-order valence-electron chi connectivity index (χ2n) is 5.76. The SMILES string of the molecule is Cc1cn([C@H]2C[C@@H](O)[C@@H](CO)O[C@@H]2OC(C)C)c(=O)[nH]c1=O. The fourth-order valence-electron chi connectivity index (χ4n) is 2.50. The van der Waals surface area contributed by atoms with Crippen LogP contribution in [0, 0.1) is 6.92 Å². The molecule has 22 heavy (non-hydrogen) atoms. The molecular formula is C14H22N2O6. The van der Waals surface area contributed by atoms with E-state index in [0.717, 1.165) is 0 Å². The van der Waals surface area contributed by atoms with Crippen LogP contribution in [0.25, 0.3) is 0 Å². The maximum absolute atomic E-state index is 12.0. The van der Waals surface area contributed by atoms with Gasteiger partial charge in [0.1, 0.15) is 6.10 Å². The predicted octanol–water partition coefficient (Wildman–Crippen LogP) is -0.721. The highest BCUT2D eigenvalue weighted by Gasteiger charge is 2.39. The van der Waals surface area contributed by atoms with Gasteiger partial charge < -0.3 is 19.7 Å². The monoisotopic (exact) mass is 314 g/mol. The molecule has 3 N–H and O–H groups in total. The molecule has 1 aliphatic heterocycles. The van der Waals surface area contributed by atoms with Crippen molar-refractivity contribution in [1.29, 1.82) is 0 Å². The molecule has 0 bridgehead atoms. The molecule has 0 radical (unpaired) electrons. The van der Waals surface area contributed by atoms with Crippen molar-refractivity contribution < 1.29 is 19.7 Å². The standard InChI is InChI=1S/C14H22N2O6/c1-7(2)21-13-9(4-10(18)11(6-17)22-13)16-5-8(3)12(19)15-14(16)20/h5,7,9-11,13,17-18H,4,6H2,1-3H3,(H,15,19,20)/t9-,10+,11+,13-/m0/s1. The molecule has 1 saturated heterocycles. The lowest BCUT2D eigenvalue weighted by atomic mass is 10.0. The van der Waals surface area contributed by atoms with Crippen LogP contribution >= 0.6 is 0 Å². The highest BCUT2D eigenvalue weighted by atomic mass is 16.7. The maximum Gasteiger partial charge on any atom is 0.328 e. The van der Waals surface area contributed by atoms with E-state index in [9.17, 15) is 19.8 Å². The van der Waals surface area contributed by atoms with Crippen LogP contribution in [0.15, 0.2) is 15.8 Å². The molecule has 8 heteroatoms. The Balaban J connectivity index is 2.39. The Kier molecular flexibility index (Phi) is 5.17. The summed E-state index contributed by atoms with van der Waals surface area (Å²) in [5.74, 6) is 0. The third-order valence-electron chi connectivity index (χ3n) is 3.62. The number of nitrogens with zero attached hydrogens (tertiary/aromatic N) is 1. The van der Waals surface area contributed by atoms with Gasteiger partial charge in [0.15, 0.2) is 6.29 Å². The molecule has 1 fully saturated rings. The van der Waals surface area contributed by atoms with Crippen molar-refractivity contribution in [3.8, 4) is 0 Å². The molecule has 2 rings (SSSR count). The van der Waals surface area contributed by atoms with Gasteiger partial charge in [0.05, 0.1) is 24.9 Å². The topological polar surface area (TPSA) is 114 Å². The molecule has 1 aromatic heterocycles. The van der Waals surface area contributed by atoms with E-state index in [1.54, 1.807) is 6.92 Å². The summed E-state index contributed by atoms with van der Waals surface area (Å²) in [5.41, 5.74) is -0.661. The number of hydrogen-bond acceptors (Lipinski definition) is 6. The summed E-state index contributed by atoms with van der Waals surface area (Å²) in [6.07, 6.45) is -1.06. The average Bonchev–Trinajstić information content (AvgIpc) is 2.44. The molecule has 0 aromatic carbocycles. The number of aliphatic hydroxyl groups excluding tert-OH is 2. The quantitative estimate of drug-likeness (QED) is 0.676. The molecule has 124 valence electrons. The summed E-state index contributed by atoms with van der Waals surface area (Å²) in [5, 5.41) is 19.3. The van der Waals surface area contributed by atoms with Crippen molar-refractivity contribution in [3.05, 3.63) is 32.6 Å². The lowest BCUT2D eigenvalue weighted by molar-refractivity contribution is -0.261. The van der Waals surface area contributed by atoms with Crippen molar-refractivity contribution in [2.24, 2.45) is 0 Å². The van der Waals surface area contributed by atoms with Crippen molar-refractivity contribution >= 4 is 0 Å². The van der Waals surface area contributed by atoms with Gasteiger partial charge in [-0.3, -0.25) is 14.3 Å². The summed E-state index contributed by atoms with van der Waals surface area (Å²) in [6, 6.07) is -0.594. The van der Waals surface area contributed by atoms with Crippen molar-refractivity contribution in [2.45, 2.75) is 57.8 Å². The van der Waals surface area contributed by atoms with Crippen LogP contribution < -0.4 is 11.2 Å². The molecule has 0 spiro atoms. The molecule has 0 amide bonds. The average molecular weight is 314 g/mol. The largest absolute Gasteiger partial charge is 0.394 e. The van der Waals surface area contributed by atoms with Gasteiger partial charge in [-0.1, -0.05) is 0 Å². The first kappa shape index (κ1) is 16.9. The van der Waals surface area contributed by atoms with E-state index in [1.807, 2.05) is 13.8 Å². The Morgan fingerprint density at radius 1 is 1.50 bits per heavy atom. The fourth-order valence-corrected chi connectivity index (χ4v) is 2.50. The molecular weight excluding hydrogens is 292 g/mol. The molecule has 1 aromatic rings. The van der Waals surface area contributed by atoms with Gasteiger partial charge in [0, 0.05) is 18.2 Å². The zero-order valence-electron chi connectivity index (χ0n) is 12.9. The lowest BCUT2D eigenvalue weighted by Crippen LogP contribution is -2.50. The van der Waals surface area contributed by atoms with Crippen LogP contribution in [0.4, 0.5) is 0 Å². The molecule has 0 unspecified atom stereocenters. The van der Waals surface area contributed by atoms with Gasteiger partial charge in [-0.05, 0) is 20.8 Å². The summed E-state index contributed by atoms with van der Waals surface area (Å²) in [7, 11) is 0. The van der Waals surface area contributed by atoms with Crippen molar-refractivity contribution in [3.63, 3.8) is 0 Å². The minimum atomic E-state index is -0.929. The molecule has 0 aliphatic carbocycles. The van der Waals surface area contributed by atoms with Crippen LogP contribution in [0.5, 0.6) is 0 Å². The number of aromatic amines is 1. The number of hydrogen-bond donors (Lipinski definition) is 3. The smallest absolute Gasteiger partial charge is 0.328 e. The van der Waals surface area contributed by atoms with E-state index in [4.69, 9.17) is 9.47 Å². The van der Waals surface area contributed by atoms with Crippen molar-refractivity contribution in [2.75, 3.05) is 6.61 Å². The normalized spacial score (nSPS) is 29.0. The van der Waals surface area contributed by atoms with Crippen LogP contribution in [0.2, 0.25) is 0 Å². The van der Waals surface area contributed by atoms with E-state index < -0.39 is 35.8 Å². The summed E-state index contributed by atoms with van der Waals surface area (Å²) < 4.78 is 12.6. The number of ether oxygens (including phenoxy) is 2. The lowest BCUT2D eigenvalue weighted by Gasteiger charge is -2.39. The van der Waals surface area contributed by atoms with E-state index in [1.165, 1.54) is 10.8 Å². The number of nitrogens with one attached hydrogen (secondary N) is 1. The van der Waals surface area contributed by atoms with Gasteiger partial charge >= 0.3 is 5.69 Å². The second-order valence-corrected chi connectivity index (χ2v) is 5.76. The molecule has 4 atom stereocenters. The first-order valence-corrected chi connectivity index (χ1v) is 7.25. The highest BCUT2D eigenvalue weighted by Crippen LogP contribution is 2.30. The third kappa shape index (κ3) is 3.46. The third-order valence-corrected chi connectivity index (χ3v) is 3.62. The minimum Gasteiger partial charge on any atom is -0.394 e. The number of H-pyrrole nitrogens is 1. The highest BCUT2D eigenvalue weighted by molar-refractivity contribution is 5.03. The number of aryl methyl sites for hydroxylation is 1. The molecule has 8 nitrogen and oxygen atoms in total. The maximum atomic E-state index is 12.0. The number of aliphatic hydroxyl groups is 2.